The van der Waals surface area contributed by atoms with Crippen molar-refractivity contribution in [1.82, 2.24) is 4.57 Å². The fourth-order valence-electron chi connectivity index (χ4n) is 7.77. The Morgan fingerprint density at radius 3 is 1.84 bits per heavy atom. The van der Waals surface area contributed by atoms with Gasteiger partial charge in [-0.05, 0) is 85.7 Å². The first kappa shape index (κ1) is 28.7. The Morgan fingerprint density at radius 2 is 1.20 bits per heavy atom. The van der Waals surface area contributed by atoms with E-state index in [0.29, 0.717) is 21.4 Å². The Labute approximate surface area is 262 Å². The van der Waals surface area contributed by atoms with Crippen molar-refractivity contribution in [2.45, 2.75) is 90.5 Å². The molecule has 3 aliphatic heterocycles. The van der Waals surface area contributed by atoms with Gasteiger partial charge < -0.3 is 4.57 Å². The van der Waals surface area contributed by atoms with Crippen LogP contribution >= 0.6 is 0 Å². The van der Waals surface area contributed by atoms with Gasteiger partial charge in [0.1, 0.15) is 0 Å². The molecular formula is C38H37BF4N2. The van der Waals surface area contributed by atoms with Crippen LogP contribution in [0.25, 0.3) is 27.5 Å². The van der Waals surface area contributed by atoms with E-state index in [1.54, 1.807) is 12.1 Å². The van der Waals surface area contributed by atoms with Gasteiger partial charge in [0.25, 0.3) is 6.71 Å². The third kappa shape index (κ3) is 3.47. The Hall–Kier alpha value is -3.74. The first-order chi connectivity index (χ1) is 20.7. The number of anilines is 2. The number of benzene rings is 4. The molecular weight excluding hydrogens is 571 g/mol. The van der Waals surface area contributed by atoms with Gasteiger partial charge in [0.15, 0.2) is 0 Å². The number of nitrogens with zero attached hydrogens (tertiary/aromatic N) is 2. The average Bonchev–Trinajstić information content (AvgIpc) is 3.34. The quantitative estimate of drug-likeness (QED) is 0.0952. The van der Waals surface area contributed by atoms with Crippen molar-refractivity contribution in [2.24, 2.45) is 0 Å². The van der Waals surface area contributed by atoms with Crippen LogP contribution in [0.1, 0.15) is 84.6 Å². The number of aromatic nitrogens is 1. The summed E-state index contributed by atoms with van der Waals surface area (Å²) in [4.78, 5) is 0.638. The second kappa shape index (κ2) is 8.15. The summed E-state index contributed by atoms with van der Waals surface area (Å²) in [5, 5.41) is 2.20. The summed E-state index contributed by atoms with van der Waals surface area (Å²) in [6, 6.07) is 15.1. The highest BCUT2D eigenvalue weighted by molar-refractivity contribution is 7.00. The summed E-state index contributed by atoms with van der Waals surface area (Å²) >= 11 is 0. The molecule has 0 amide bonds. The molecule has 3 aliphatic rings. The van der Waals surface area contributed by atoms with Gasteiger partial charge in [-0.3, -0.25) is 4.90 Å². The molecule has 0 atom stereocenters. The summed E-state index contributed by atoms with van der Waals surface area (Å²) in [7, 11) is 0. The van der Waals surface area contributed by atoms with E-state index in [2.05, 4.69) is 76.4 Å². The summed E-state index contributed by atoms with van der Waals surface area (Å²) in [5.41, 5.74) is 6.53. The molecule has 0 fully saturated rings. The van der Waals surface area contributed by atoms with Crippen molar-refractivity contribution in [3.05, 3.63) is 82.9 Å². The van der Waals surface area contributed by atoms with Crippen LogP contribution in [-0.4, -0.2) is 17.3 Å². The lowest BCUT2D eigenvalue weighted by Crippen LogP contribution is -2.62. The molecule has 45 heavy (non-hydrogen) atoms. The van der Waals surface area contributed by atoms with E-state index >= 15 is 17.6 Å². The van der Waals surface area contributed by atoms with E-state index < -0.39 is 29.7 Å². The lowest BCUT2D eigenvalue weighted by atomic mass is 9.33. The maximum absolute atomic E-state index is 16.1. The van der Waals surface area contributed by atoms with E-state index in [9.17, 15) is 0 Å². The molecule has 0 spiro atoms. The van der Waals surface area contributed by atoms with Crippen molar-refractivity contribution in [3.8, 4) is 5.69 Å². The zero-order valence-corrected chi connectivity index (χ0v) is 27.3. The van der Waals surface area contributed by atoms with E-state index in [1.165, 1.54) is 11.6 Å². The standard InChI is InChI=1S/C38H37BF4N2/c1-34(2,3)20-13-14-28-23(15-20)24-16-21(35(4,5)6)18-26-32(24)44(28)29-11-10-12-30-31(29)39(26)27-19-22(36(7,8)9)17-25-33(27)45(30)38(42,43)37(25,40)41/h10-19H,1-9H3. The molecule has 0 N–H and O–H groups in total. The molecule has 0 unspecified atom stereocenters. The zero-order chi connectivity index (χ0) is 32.4. The molecule has 230 valence electrons. The Morgan fingerprint density at radius 1 is 0.622 bits per heavy atom. The molecule has 1 aromatic heterocycles. The highest BCUT2D eigenvalue weighted by atomic mass is 19.3. The second-order valence-electron chi connectivity index (χ2n) is 16.3. The lowest BCUT2D eigenvalue weighted by Gasteiger charge is -2.40. The Kier molecular flexibility index (Phi) is 5.20. The zero-order valence-electron chi connectivity index (χ0n) is 27.3. The predicted molar refractivity (Wildman–Crippen MR) is 179 cm³/mol. The third-order valence-corrected chi connectivity index (χ3v) is 10.3. The van der Waals surface area contributed by atoms with E-state index in [-0.39, 0.29) is 22.2 Å². The minimum absolute atomic E-state index is 0.0541. The van der Waals surface area contributed by atoms with Crippen molar-refractivity contribution in [2.75, 3.05) is 4.90 Å². The monoisotopic (exact) mass is 608 g/mol. The molecule has 4 aromatic carbocycles. The van der Waals surface area contributed by atoms with E-state index in [0.717, 1.165) is 38.5 Å². The summed E-state index contributed by atoms with van der Waals surface area (Å²) in [5.74, 6) is -4.36. The van der Waals surface area contributed by atoms with Gasteiger partial charge in [0.05, 0.1) is 16.8 Å². The fourth-order valence-corrected chi connectivity index (χ4v) is 7.77. The largest absolute Gasteiger partial charge is 0.397 e. The summed E-state index contributed by atoms with van der Waals surface area (Å²) < 4.78 is 66.4. The Bertz CT molecular complexity index is 2140. The van der Waals surface area contributed by atoms with Crippen molar-refractivity contribution >= 4 is 56.3 Å². The van der Waals surface area contributed by atoms with Crippen molar-refractivity contribution in [3.63, 3.8) is 0 Å². The molecule has 5 aromatic rings. The predicted octanol–water partition coefficient (Wildman–Crippen LogP) is 8.66. The number of hydrogen-bond donors (Lipinski definition) is 0. The first-order valence-electron chi connectivity index (χ1n) is 15.8. The van der Waals surface area contributed by atoms with Crippen LogP contribution in [0, 0.1) is 0 Å². The van der Waals surface area contributed by atoms with Gasteiger partial charge in [-0.2, -0.15) is 17.6 Å². The van der Waals surface area contributed by atoms with Gasteiger partial charge in [0, 0.05) is 27.7 Å². The number of halogens is 4. The maximum atomic E-state index is 16.1. The number of hydrogen-bond acceptors (Lipinski definition) is 1. The van der Waals surface area contributed by atoms with Gasteiger partial charge in [-0.1, -0.05) is 86.6 Å². The van der Waals surface area contributed by atoms with Crippen LogP contribution in [0.3, 0.4) is 0 Å². The first-order valence-corrected chi connectivity index (χ1v) is 15.8. The van der Waals surface area contributed by atoms with Crippen molar-refractivity contribution < 1.29 is 17.6 Å². The normalized spacial score (nSPS) is 17.7. The minimum atomic E-state index is -4.43. The third-order valence-electron chi connectivity index (χ3n) is 10.3. The topological polar surface area (TPSA) is 8.17 Å². The maximum Gasteiger partial charge on any atom is 0.397 e. The van der Waals surface area contributed by atoms with Gasteiger partial charge in [-0.15, -0.1) is 0 Å². The molecule has 0 aliphatic carbocycles. The molecule has 7 heteroatoms. The molecule has 0 saturated carbocycles. The molecule has 8 rings (SSSR count). The fraction of sp³-hybridized carbons (Fsp3) is 0.368. The SMILES string of the molecule is CC(C)(C)c1cc2c3c(c1)C(F)(F)C(F)(F)N3c1cccc3c1B2c1cc(C(C)(C)C)cc2c4cc(C(C)(C)C)ccc4n-3c12. The molecule has 2 nitrogen and oxygen atoms in total. The number of alkyl halides is 4. The van der Waals surface area contributed by atoms with E-state index in [1.807, 2.05) is 32.9 Å². The highest BCUT2D eigenvalue weighted by Crippen LogP contribution is 2.59. The smallest absolute Gasteiger partial charge is 0.310 e. The molecule has 0 saturated heterocycles. The van der Waals surface area contributed by atoms with Crippen molar-refractivity contribution in [1.29, 1.82) is 0 Å². The van der Waals surface area contributed by atoms with Gasteiger partial charge in [0.2, 0.25) is 0 Å². The number of fused-ring (bicyclic) bond motifs is 7. The summed E-state index contributed by atoms with van der Waals surface area (Å²) in [6.45, 7) is 18.4. The highest BCUT2D eigenvalue weighted by Gasteiger charge is 2.70. The Balaban J connectivity index is 1.60. The number of rotatable bonds is 0. The van der Waals surface area contributed by atoms with Gasteiger partial charge in [-0.25, -0.2) is 0 Å². The molecule has 0 radical (unpaired) electrons. The van der Waals surface area contributed by atoms with Crippen LogP contribution < -0.4 is 21.3 Å². The van der Waals surface area contributed by atoms with Crippen LogP contribution in [0.4, 0.5) is 28.9 Å². The lowest BCUT2D eigenvalue weighted by molar-refractivity contribution is -0.200. The van der Waals surface area contributed by atoms with Crippen LogP contribution in [0.2, 0.25) is 0 Å². The van der Waals surface area contributed by atoms with Crippen LogP contribution in [0.5, 0.6) is 0 Å². The molecule has 0 bridgehead atoms. The minimum Gasteiger partial charge on any atom is -0.310 e. The van der Waals surface area contributed by atoms with Gasteiger partial charge >= 0.3 is 12.0 Å². The van der Waals surface area contributed by atoms with E-state index in [4.69, 9.17) is 0 Å². The summed E-state index contributed by atoms with van der Waals surface area (Å²) in [6.07, 6.45) is 0. The van der Waals surface area contributed by atoms with Crippen LogP contribution in [0.15, 0.2) is 60.7 Å². The molecule has 4 heterocycles. The van der Waals surface area contributed by atoms with Crippen LogP contribution in [-0.2, 0) is 22.2 Å². The second-order valence-corrected chi connectivity index (χ2v) is 16.3. The average molecular weight is 609 g/mol.